The van der Waals surface area contributed by atoms with E-state index in [-0.39, 0.29) is 12.0 Å². The molecule has 6 heteroatoms. The van der Waals surface area contributed by atoms with Gasteiger partial charge in [-0.2, -0.15) is 0 Å². The highest BCUT2D eigenvalue weighted by Gasteiger charge is 2.11. The summed E-state index contributed by atoms with van der Waals surface area (Å²) < 4.78 is 18.0. The van der Waals surface area contributed by atoms with E-state index in [0.717, 1.165) is 0 Å². The standard InChI is InChI=1S/C12H15FN2O3/c1-18-12(17)9-3-2-8(6-10(9)13)7-15-5-4-11(14)16/h2-3,6,15H,4-5,7H2,1H3,(H2,14,16). The molecule has 0 bridgehead atoms. The molecular weight excluding hydrogens is 239 g/mol. The van der Waals surface area contributed by atoms with E-state index >= 15 is 0 Å². The van der Waals surface area contributed by atoms with Crippen LogP contribution in [0.25, 0.3) is 0 Å². The Kier molecular flexibility index (Phi) is 5.26. The van der Waals surface area contributed by atoms with E-state index in [2.05, 4.69) is 10.1 Å². The van der Waals surface area contributed by atoms with E-state index in [1.165, 1.54) is 19.2 Å². The summed E-state index contributed by atoms with van der Waals surface area (Å²) >= 11 is 0. The third-order valence-corrected chi connectivity index (χ3v) is 2.32. The average molecular weight is 254 g/mol. The van der Waals surface area contributed by atoms with Gasteiger partial charge in [0.05, 0.1) is 12.7 Å². The Labute approximate surface area is 104 Å². The SMILES string of the molecule is COC(=O)c1ccc(CNCCC(N)=O)cc1F. The summed E-state index contributed by atoms with van der Waals surface area (Å²) in [6.45, 7) is 0.821. The summed E-state index contributed by atoms with van der Waals surface area (Å²) in [7, 11) is 1.20. The maximum atomic E-state index is 13.5. The van der Waals surface area contributed by atoms with Crippen LogP contribution in [0.4, 0.5) is 4.39 Å². The van der Waals surface area contributed by atoms with Crippen molar-refractivity contribution in [3.05, 3.63) is 35.1 Å². The highest BCUT2D eigenvalue weighted by atomic mass is 19.1. The van der Waals surface area contributed by atoms with Gasteiger partial charge >= 0.3 is 5.97 Å². The molecule has 1 aromatic carbocycles. The van der Waals surface area contributed by atoms with Crippen molar-refractivity contribution in [3.8, 4) is 0 Å². The number of carbonyl (C=O) groups excluding carboxylic acids is 2. The Balaban J connectivity index is 2.56. The van der Waals surface area contributed by atoms with E-state index in [9.17, 15) is 14.0 Å². The van der Waals surface area contributed by atoms with Crippen molar-refractivity contribution in [2.45, 2.75) is 13.0 Å². The third-order valence-electron chi connectivity index (χ3n) is 2.32. The molecule has 0 saturated carbocycles. The number of carbonyl (C=O) groups is 2. The highest BCUT2D eigenvalue weighted by Crippen LogP contribution is 2.11. The lowest BCUT2D eigenvalue weighted by Gasteiger charge is -2.06. The summed E-state index contributed by atoms with van der Waals surface area (Å²) in [4.78, 5) is 21.6. The maximum Gasteiger partial charge on any atom is 0.340 e. The predicted molar refractivity (Wildman–Crippen MR) is 63.3 cm³/mol. The van der Waals surface area contributed by atoms with Gasteiger partial charge in [-0.05, 0) is 17.7 Å². The van der Waals surface area contributed by atoms with Crippen LogP contribution in [0, 0.1) is 5.82 Å². The van der Waals surface area contributed by atoms with Crippen molar-refractivity contribution in [3.63, 3.8) is 0 Å². The van der Waals surface area contributed by atoms with Crippen LogP contribution < -0.4 is 11.1 Å². The van der Waals surface area contributed by atoms with Gasteiger partial charge in [-0.15, -0.1) is 0 Å². The number of benzene rings is 1. The molecule has 3 N–H and O–H groups in total. The minimum Gasteiger partial charge on any atom is -0.465 e. The second kappa shape index (κ2) is 6.70. The van der Waals surface area contributed by atoms with E-state index in [1.807, 2.05) is 0 Å². The van der Waals surface area contributed by atoms with Crippen LogP contribution in [0.2, 0.25) is 0 Å². The van der Waals surface area contributed by atoms with Crippen molar-refractivity contribution in [2.24, 2.45) is 5.73 Å². The number of halogens is 1. The van der Waals surface area contributed by atoms with Crippen molar-refractivity contribution in [1.82, 2.24) is 5.32 Å². The van der Waals surface area contributed by atoms with Gasteiger partial charge < -0.3 is 15.8 Å². The molecule has 1 aromatic rings. The molecule has 0 radical (unpaired) electrons. The predicted octanol–water partition coefficient (Wildman–Crippen LogP) is 0.577. The lowest BCUT2D eigenvalue weighted by Crippen LogP contribution is -2.21. The molecule has 0 heterocycles. The summed E-state index contributed by atoms with van der Waals surface area (Å²) in [6.07, 6.45) is 0.225. The fourth-order valence-corrected chi connectivity index (χ4v) is 1.39. The molecule has 0 aliphatic rings. The first-order valence-corrected chi connectivity index (χ1v) is 5.40. The van der Waals surface area contributed by atoms with Crippen LogP contribution in [0.3, 0.4) is 0 Å². The summed E-state index contributed by atoms with van der Waals surface area (Å²) in [6, 6.07) is 4.24. The monoisotopic (exact) mass is 254 g/mol. The molecule has 0 aromatic heterocycles. The zero-order chi connectivity index (χ0) is 13.5. The molecule has 0 fully saturated rings. The Hall–Kier alpha value is -1.95. The van der Waals surface area contributed by atoms with Crippen molar-refractivity contribution < 1.29 is 18.7 Å². The molecular formula is C12H15FN2O3. The minimum absolute atomic E-state index is 0.0987. The topological polar surface area (TPSA) is 81.4 Å². The van der Waals surface area contributed by atoms with Crippen molar-refractivity contribution >= 4 is 11.9 Å². The molecule has 0 atom stereocenters. The largest absolute Gasteiger partial charge is 0.465 e. The number of hydrogen-bond acceptors (Lipinski definition) is 4. The highest BCUT2D eigenvalue weighted by molar-refractivity contribution is 5.89. The van der Waals surface area contributed by atoms with Crippen LogP contribution in [-0.2, 0) is 16.1 Å². The molecule has 1 amide bonds. The van der Waals surface area contributed by atoms with Gasteiger partial charge in [-0.25, -0.2) is 9.18 Å². The zero-order valence-electron chi connectivity index (χ0n) is 10.0. The van der Waals surface area contributed by atoms with Gasteiger partial charge in [-0.3, -0.25) is 4.79 Å². The minimum atomic E-state index is -0.708. The molecule has 0 spiro atoms. The number of ether oxygens (including phenoxy) is 1. The quantitative estimate of drug-likeness (QED) is 0.574. The Morgan fingerprint density at radius 2 is 2.17 bits per heavy atom. The first-order chi connectivity index (χ1) is 8.54. The molecule has 18 heavy (non-hydrogen) atoms. The smallest absolute Gasteiger partial charge is 0.340 e. The fourth-order valence-electron chi connectivity index (χ4n) is 1.39. The molecule has 5 nitrogen and oxygen atoms in total. The summed E-state index contributed by atoms with van der Waals surface area (Å²) in [5.41, 5.74) is 5.55. The molecule has 98 valence electrons. The number of nitrogens with one attached hydrogen (secondary N) is 1. The normalized spacial score (nSPS) is 10.1. The lowest BCUT2D eigenvalue weighted by atomic mass is 10.1. The van der Waals surface area contributed by atoms with Gasteiger partial charge in [0.2, 0.25) is 5.91 Å². The second-order valence-electron chi connectivity index (χ2n) is 3.70. The van der Waals surface area contributed by atoms with E-state index in [4.69, 9.17) is 5.73 Å². The number of methoxy groups -OCH3 is 1. The lowest BCUT2D eigenvalue weighted by molar-refractivity contribution is -0.117. The molecule has 0 saturated heterocycles. The van der Waals surface area contributed by atoms with E-state index in [1.54, 1.807) is 6.07 Å². The number of amides is 1. The van der Waals surface area contributed by atoms with Crippen molar-refractivity contribution in [1.29, 1.82) is 0 Å². The van der Waals surface area contributed by atoms with E-state index < -0.39 is 17.7 Å². The first kappa shape index (κ1) is 14.1. The van der Waals surface area contributed by atoms with Crippen LogP contribution in [0.5, 0.6) is 0 Å². The van der Waals surface area contributed by atoms with Gasteiger partial charge in [0.15, 0.2) is 0 Å². The average Bonchev–Trinajstić information content (AvgIpc) is 2.33. The first-order valence-electron chi connectivity index (χ1n) is 5.40. The summed E-state index contributed by atoms with van der Waals surface area (Å²) in [5, 5.41) is 2.94. The number of hydrogen-bond donors (Lipinski definition) is 2. The van der Waals surface area contributed by atoms with Crippen molar-refractivity contribution in [2.75, 3.05) is 13.7 Å². The maximum absolute atomic E-state index is 13.5. The number of primary amides is 1. The Morgan fingerprint density at radius 3 is 2.72 bits per heavy atom. The van der Waals surface area contributed by atoms with Gasteiger partial charge in [0.25, 0.3) is 0 Å². The second-order valence-corrected chi connectivity index (χ2v) is 3.70. The number of rotatable bonds is 6. The molecule has 0 aliphatic carbocycles. The van der Waals surface area contributed by atoms with Gasteiger partial charge in [0, 0.05) is 19.5 Å². The van der Waals surface area contributed by atoms with Gasteiger partial charge in [-0.1, -0.05) is 6.07 Å². The Morgan fingerprint density at radius 1 is 1.44 bits per heavy atom. The Bertz CT molecular complexity index is 449. The van der Waals surface area contributed by atoms with Crippen LogP contribution in [0.1, 0.15) is 22.3 Å². The fraction of sp³-hybridized carbons (Fsp3) is 0.333. The van der Waals surface area contributed by atoms with Crippen LogP contribution in [0.15, 0.2) is 18.2 Å². The molecule has 0 unspecified atom stereocenters. The summed E-state index contributed by atoms with van der Waals surface area (Å²) in [5.74, 6) is -1.73. The van der Waals surface area contributed by atoms with Crippen LogP contribution >= 0.6 is 0 Å². The zero-order valence-corrected chi connectivity index (χ0v) is 10.0. The molecule has 1 rings (SSSR count). The van der Waals surface area contributed by atoms with Crippen LogP contribution in [-0.4, -0.2) is 25.5 Å². The number of nitrogens with two attached hydrogens (primary N) is 1. The number of esters is 1. The molecule has 0 aliphatic heterocycles. The van der Waals surface area contributed by atoms with E-state index in [0.29, 0.717) is 18.7 Å². The van der Waals surface area contributed by atoms with Gasteiger partial charge in [0.1, 0.15) is 5.82 Å². The third kappa shape index (κ3) is 4.14.